The number of carbonyl (C=O) groups is 1. The van der Waals surface area contributed by atoms with Crippen molar-refractivity contribution in [3.8, 4) is 11.4 Å². The van der Waals surface area contributed by atoms with Crippen molar-refractivity contribution in [1.29, 1.82) is 0 Å². The lowest BCUT2D eigenvalue weighted by atomic mass is 9.80. The summed E-state index contributed by atoms with van der Waals surface area (Å²) in [6.45, 7) is 4.45. The number of aromatic nitrogens is 3. The van der Waals surface area contributed by atoms with Crippen molar-refractivity contribution in [2.45, 2.75) is 44.1 Å². The maximum absolute atomic E-state index is 16.3. The molecule has 2 aromatic heterocycles. The number of carboxylic acid groups (broad SMARTS) is 1. The Hall–Kier alpha value is -3.50. The largest absolute Gasteiger partial charge is 0.494 e. The molecule has 4 aromatic rings. The fraction of sp³-hybridized carbons (Fsp3) is 0.407. The van der Waals surface area contributed by atoms with Gasteiger partial charge in [0.15, 0.2) is 23.5 Å². The number of halogens is 2. The summed E-state index contributed by atoms with van der Waals surface area (Å²) in [5.74, 6) is -2.19. The molecule has 0 bridgehead atoms. The summed E-state index contributed by atoms with van der Waals surface area (Å²) in [5, 5.41) is 17.2. The van der Waals surface area contributed by atoms with Gasteiger partial charge in [-0.05, 0) is 36.6 Å². The molecule has 8 nitrogen and oxygen atoms in total. The molecule has 37 heavy (non-hydrogen) atoms. The lowest BCUT2D eigenvalue weighted by molar-refractivity contribution is -0.153. The minimum atomic E-state index is -1.01. The van der Waals surface area contributed by atoms with Gasteiger partial charge in [-0.15, -0.1) is 0 Å². The molecule has 0 saturated carbocycles. The Morgan fingerprint density at radius 2 is 2.05 bits per heavy atom. The summed E-state index contributed by atoms with van der Waals surface area (Å²) in [7, 11) is 3.00. The standard InChI is InChI=1S/C27H29F2N3O5/c1-27(2,13-35-3)25-21(14-5-8-19(26(33)34)37-12-14)22-18(9-15-11-30-31-24(15)23(22)29)32(25)16-6-7-17(28)20(10-16)36-4/h6-7,9-11,14,19H,5,8,12-13H2,1-4H3,(H,30,31)(H,33,34)/t14-,19?/m1/s1. The molecule has 2 atom stereocenters. The topological polar surface area (TPSA) is 98.6 Å². The summed E-state index contributed by atoms with van der Waals surface area (Å²) in [6, 6.07) is 6.39. The molecule has 0 radical (unpaired) electrons. The molecule has 1 aliphatic rings. The molecular formula is C27H29F2N3O5. The zero-order chi connectivity index (χ0) is 26.5. The van der Waals surface area contributed by atoms with Gasteiger partial charge in [-0.25, -0.2) is 13.6 Å². The highest BCUT2D eigenvalue weighted by molar-refractivity contribution is 6.00. The van der Waals surface area contributed by atoms with E-state index in [-0.39, 0.29) is 23.8 Å². The van der Waals surface area contributed by atoms with Crippen molar-refractivity contribution in [3.05, 3.63) is 53.4 Å². The summed E-state index contributed by atoms with van der Waals surface area (Å²) in [6.07, 6.45) is 1.46. The predicted octanol–water partition coefficient (Wildman–Crippen LogP) is 5.06. The second-order valence-electron chi connectivity index (χ2n) is 10.1. The zero-order valence-corrected chi connectivity index (χ0v) is 21.1. The molecule has 196 valence electrons. The van der Waals surface area contributed by atoms with Gasteiger partial charge >= 0.3 is 5.97 Å². The van der Waals surface area contributed by atoms with Crippen molar-refractivity contribution >= 4 is 27.8 Å². The first-order valence-corrected chi connectivity index (χ1v) is 12.1. The number of hydrogen-bond acceptors (Lipinski definition) is 5. The Balaban J connectivity index is 1.87. The van der Waals surface area contributed by atoms with Crippen molar-refractivity contribution in [2.24, 2.45) is 0 Å². The molecule has 5 rings (SSSR count). The fourth-order valence-electron chi connectivity index (χ4n) is 5.55. The molecule has 1 saturated heterocycles. The van der Waals surface area contributed by atoms with Gasteiger partial charge in [-0.3, -0.25) is 5.10 Å². The first-order chi connectivity index (χ1) is 17.7. The molecule has 2 aromatic carbocycles. The van der Waals surface area contributed by atoms with Crippen molar-refractivity contribution in [1.82, 2.24) is 14.8 Å². The molecule has 0 amide bonds. The van der Waals surface area contributed by atoms with Gasteiger partial charge < -0.3 is 23.9 Å². The first-order valence-electron chi connectivity index (χ1n) is 12.1. The molecule has 0 spiro atoms. The van der Waals surface area contributed by atoms with Crippen LogP contribution in [0, 0.1) is 11.6 Å². The molecule has 2 N–H and O–H groups in total. The normalized spacial score (nSPS) is 18.5. The van der Waals surface area contributed by atoms with Crippen molar-refractivity contribution in [3.63, 3.8) is 0 Å². The first kappa shape index (κ1) is 25.2. The zero-order valence-electron chi connectivity index (χ0n) is 21.1. The Morgan fingerprint density at radius 3 is 2.70 bits per heavy atom. The van der Waals surface area contributed by atoms with Crippen LogP contribution >= 0.6 is 0 Å². The minimum absolute atomic E-state index is 0.0616. The number of benzene rings is 2. The third kappa shape index (κ3) is 4.14. The summed E-state index contributed by atoms with van der Waals surface area (Å²) < 4.78 is 49.1. The van der Waals surface area contributed by atoms with E-state index in [2.05, 4.69) is 10.2 Å². The fourth-order valence-corrected chi connectivity index (χ4v) is 5.55. The number of ether oxygens (including phenoxy) is 3. The van der Waals surface area contributed by atoms with Crippen LogP contribution in [0.5, 0.6) is 5.75 Å². The molecule has 1 fully saturated rings. The van der Waals surface area contributed by atoms with Crippen LogP contribution in [0.3, 0.4) is 0 Å². The van der Waals surface area contributed by atoms with Crippen LogP contribution in [0.4, 0.5) is 8.78 Å². The van der Waals surface area contributed by atoms with E-state index < -0.39 is 29.1 Å². The van der Waals surface area contributed by atoms with Crippen LogP contribution in [-0.2, 0) is 19.7 Å². The van der Waals surface area contributed by atoms with E-state index >= 15 is 4.39 Å². The Labute approximate surface area is 212 Å². The highest BCUT2D eigenvalue weighted by atomic mass is 19.1. The average Bonchev–Trinajstić information content (AvgIpc) is 3.48. The minimum Gasteiger partial charge on any atom is -0.494 e. The summed E-state index contributed by atoms with van der Waals surface area (Å²) in [5.41, 5.74) is 2.33. The summed E-state index contributed by atoms with van der Waals surface area (Å²) in [4.78, 5) is 11.5. The molecule has 3 heterocycles. The number of rotatable bonds is 7. The number of aromatic amines is 1. The van der Waals surface area contributed by atoms with Gasteiger partial charge in [0, 0.05) is 46.7 Å². The van der Waals surface area contributed by atoms with Crippen molar-refractivity contribution < 1.29 is 32.9 Å². The van der Waals surface area contributed by atoms with E-state index in [1.54, 1.807) is 25.4 Å². The Morgan fingerprint density at radius 1 is 1.27 bits per heavy atom. The van der Waals surface area contributed by atoms with Gasteiger partial charge in [-0.1, -0.05) is 13.8 Å². The van der Waals surface area contributed by atoms with Gasteiger partial charge in [-0.2, -0.15) is 5.10 Å². The van der Waals surface area contributed by atoms with Crippen molar-refractivity contribution in [2.75, 3.05) is 27.4 Å². The van der Waals surface area contributed by atoms with Crippen LogP contribution in [0.2, 0.25) is 0 Å². The number of fused-ring (bicyclic) bond motifs is 2. The van der Waals surface area contributed by atoms with Gasteiger partial charge in [0.1, 0.15) is 5.52 Å². The smallest absolute Gasteiger partial charge is 0.332 e. The molecule has 1 aliphatic heterocycles. The number of hydrogen-bond donors (Lipinski definition) is 2. The van der Waals surface area contributed by atoms with E-state index in [1.165, 1.54) is 13.2 Å². The highest BCUT2D eigenvalue weighted by Crippen LogP contribution is 2.46. The SMILES string of the molecule is COCC(C)(C)c1c([C@@H]2CCC(C(=O)O)OC2)c2c(F)c3[nH]ncc3cc2n1-c1ccc(F)c(OC)c1. The Bertz CT molecular complexity index is 1480. The molecule has 10 heteroatoms. The maximum atomic E-state index is 16.3. The highest BCUT2D eigenvalue weighted by Gasteiger charge is 2.38. The quantitative estimate of drug-likeness (QED) is 0.358. The number of carboxylic acids is 1. The van der Waals surface area contributed by atoms with E-state index in [0.29, 0.717) is 41.4 Å². The van der Waals surface area contributed by atoms with Crippen LogP contribution in [-0.4, -0.2) is 59.4 Å². The number of nitrogens with zero attached hydrogens (tertiary/aromatic N) is 2. The van der Waals surface area contributed by atoms with E-state index in [9.17, 15) is 14.3 Å². The van der Waals surface area contributed by atoms with Gasteiger partial charge in [0.05, 0.1) is 32.0 Å². The predicted molar refractivity (Wildman–Crippen MR) is 134 cm³/mol. The van der Waals surface area contributed by atoms with Crippen LogP contribution in [0.15, 0.2) is 30.5 Å². The van der Waals surface area contributed by atoms with Gasteiger partial charge in [0.25, 0.3) is 0 Å². The number of methoxy groups -OCH3 is 2. The lowest BCUT2D eigenvalue weighted by Gasteiger charge is -2.32. The van der Waals surface area contributed by atoms with Crippen LogP contribution in [0.25, 0.3) is 27.5 Å². The monoisotopic (exact) mass is 513 g/mol. The third-order valence-corrected chi connectivity index (χ3v) is 7.14. The maximum Gasteiger partial charge on any atom is 0.332 e. The Kier molecular flexibility index (Phi) is 6.41. The van der Waals surface area contributed by atoms with Crippen LogP contribution in [0.1, 0.15) is 43.9 Å². The lowest BCUT2D eigenvalue weighted by Crippen LogP contribution is -2.33. The van der Waals surface area contributed by atoms with E-state index in [4.69, 9.17) is 14.2 Å². The third-order valence-electron chi connectivity index (χ3n) is 7.14. The number of nitrogens with one attached hydrogen (secondary N) is 1. The van der Waals surface area contributed by atoms with E-state index in [0.717, 1.165) is 11.3 Å². The molecule has 1 unspecified atom stereocenters. The average molecular weight is 514 g/mol. The second kappa shape index (κ2) is 9.42. The molecule has 0 aliphatic carbocycles. The second-order valence-corrected chi connectivity index (χ2v) is 10.1. The van der Waals surface area contributed by atoms with E-state index in [1.807, 2.05) is 24.5 Å². The van der Waals surface area contributed by atoms with Gasteiger partial charge in [0.2, 0.25) is 0 Å². The number of H-pyrrole nitrogens is 1. The molecular weight excluding hydrogens is 484 g/mol. The summed E-state index contributed by atoms with van der Waals surface area (Å²) >= 11 is 0. The number of aliphatic carboxylic acids is 1. The van der Waals surface area contributed by atoms with Crippen LogP contribution < -0.4 is 4.74 Å².